The van der Waals surface area contributed by atoms with Crippen LogP contribution in [0.1, 0.15) is 24.0 Å². The molecule has 2 heteroatoms. The van der Waals surface area contributed by atoms with E-state index in [1.807, 2.05) is 0 Å². The smallest absolute Gasteiger partial charge is 0.131 e. The highest BCUT2D eigenvalue weighted by molar-refractivity contribution is 7.04. The van der Waals surface area contributed by atoms with E-state index >= 15 is 0 Å². The van der Waals surface area contributed by atoms with Crippen molar-refractivity contribution in [3.63, 3.8) is 0 Å². The molecule has 1 atom stereocenters. The summed E-state index contributed by atoms with van der Waals surface area (Å²) in [6.45, 7) is 3.68. The molecule has 32 heavy (non-hydrogen) atoms. The van der Waals surface area contributed by atoms with Crippen molar-refractivity contribution in [2.75, 3.05) is 6.54 Å². The average molecular weight is 434 g/mol. The quantitative estimate of drug-likeness (QED) is 0.414. The third kappa shape index (κ3) is 3.26. The fourth-order valence-electron chi connectivity index (χ4n) is 6.12. The number of hydrogen-bond acceptors (Lipinski definition) is 1. The van der Waals surface area contributed by atoms with Crippen LogP contribution in [-0.4, -0.2) is 20.7 Å². The summed E-state index contributed by atoms with van der Waals surface area (Å²) in [6.07, 6.45) is 2.41. The highest BCUT2D eigenvalue weighted by Gasteiger charge is 2.58. The summed E-state index contributed by atoms with van der Waals surface area (Å²) < 4.78 is 0. The van der Waals surface area contributed by atoms with E-state index in [0.717, 1.165) is 6.54 Å². The summed E-state index contributed by atoms with van der Waals surface area (Å²) in [4.78, 5) is 0. The lowest BCUT2D eigenvalue weighted by Gasteiger charge is -2.53. The first kappa shape index (κ1) is 20.9. The van der Waals surface area contributed by atoms with E-state index in [1.165, 1.54) is 34.3 Å². The van der Waals surface area contributed by atoms with Gasteiger partial charge in [0.15, 0.2) is 0 Å². The van der Waals surface area contributed by atoms with Gasteiger partial charge in [0.1, 0.15) is 8.07 Å². The van der Waals surface area contributed by atoms with Crippen molar-refractivity contribution in [1.82, 2.24) is 5.32 Å². The van der Waals surface area contributed by atoms with E-state index in [0.29, 0.717) is 6.04 Å². The van der Waals surface area contributed by atoms with Crippen LogP contribution in [0.3, 0.4) is 0 Å². The molecule has 0 radical (unpaired) electrons. The Kier molecular flexibility index (Phi) is 5.82. The van der Waals surface area contributed by atoms with Crippen molar-refractivity contribution in [1.29, 1.82) is 0 Å². The molecule has 1 aliphatic rings. The highest BCUT2D eigenvalue weighted by Crippen LogP contribution is 2.46. The molecular weight excluding hydrogens is 402 g/mol. The van der Waals surface area contributed by atoms with Gasteiger partial charge in [-0.25, -0.2) is 0 Å². The van der Waals surface area contributed by atoms with E-state index in [4.69, 9.17) is 0 Å². The molecule has 1 heterocycles. The van der Waals surface area contributed by atoms with Gasteiger partial charge < -0.3 is 5.32 Å². The van der Waals surface area contributed by atoms with Crippen LogP contribution in [0, 0.1) is 0 Å². The number of hydrogen-bond donors (Lipinski definition) is 1. The zero-order chi connectivity index (χ0) is 21.9. The van der Waals surface area contributed by atoms with Gasteiger partial charge in [-0.2, -0.15) is 0 Å². The summed E-state index contributed by atoms with van der Waals surface area (Å²) in [6, 6.07) is 45.6. The van der Waals surface area contributed by atoms with Crippen molar-refractivity contribution < 1.29 is 0 Å². The Hall–Kier alpha value is -2.94. The molecule has 1 fully saturated rings. The number of nitrogens with one attached hydrogen (secondary N) is 1. The third-order valence-electron chi connectivity index (χ3n) is 7.53. The van der Waals surface area contributed by atoms with Gasteiger partial charge in [0.2, 0.25) is 0 Å². The van der Waals surface area contributed by atoms with Crippen molar-refractivity contribution in [2.45, 2.75) is 30.5 Å². The second-order valence-corrected chi connectivity index (χ2v) is 13.2. The lowest BCUT2D eigenvalue weighted by molar-refractivity contribution is 0.479. The second-order valence-electron chi connectivity index (χ2n) is 9.05. The molecule has 0 aliphatic carbocycles. The molecule has 0 bridgehead atoms. The standard InChI is InChI=1S/C30H31NSi/c1-32(27-19-10-4-11-20-27,28-21-12-5-13-22-28)30(29-23-14-24-31-29,25-15-6-2-7-16-25)26-17-8-3-9-18-26/h2-13,15-22,29,31H,14,23-24H2,1H3/t29-/m0/s1. The van der Waals surface area contributed by atoms with Crippen LogP contribution >= 0.6 is 0 Å². The Labute approximate surface area is 193 Å². The largest absolute Gasteiger partial charge is 0.313 e. The molecule has 1 nitrogen and oxygen atoms in total. The fourth-order valence-corrected chi connectivity index (χ4v) is 11.5. The Morgan fingerprint density at radius 3 is 1.41 bits per heavy atom. The minimum absolute atomic E-state index is 0.144. The molecule has 0 spiro atoms. The predicted octanol–water partition coefficient (Wildman–Crippen LogP) is 5.16. The van der Waals surface area contributed by atoms with Crippen LogP contribution in [0.15, 0.2) is 121 Å². The molecule has 5 rings (SSSR count). The molecule has 0 aromatic heterocycles. The minimum atomic E-state index is -2.39. The monoisotopic (exact) mass is 433 g/mol. The lowest BCUT2D eigenvalue weighted by Crippen LogP contribution is -2.75. The minimum Gasteiger partial charge on any atom is -0.313 e. The zero-order valence-corrected chi connectivity index (χ0v) is 19.7. The van der Waals surface area contributed by atoms with E-state index in [9.17, 15) is 0 Å². The Morgan fingerprint density at radius 1 is 0.625 bits per heavy atom. The van der Waals surface area contributed by atoms with Gasteiger partial charge in [0.25, 0.3) is 0 Å². The van der Waals surface area contributed by atoms with Crippen LogP contribution in [-0.2, 0) is 5.04 Å². The molecule has 0 amide bonds. The van der Waals surface area contributed by atoms with Crippen molar-refractivity contribution in [3.8, 4) is 0 Å². The first-order chi connectivity index (χ1) is 15.8. The molecule has 4 aromatic carbocycles. The molecular formula is C30H31NSi. The first-order valence-electron chi connectivity index (χ1n) is 11.7. The van der Waals surface area contributed by atoms with Gasteiger partial charge in [-0.1, -0.05) is 138 Å². The van der Waals surface area contributed by atoms with Gasteiger partial charge in [-0.05, 0) is 30.5 Å². The Morgan fingerprint density at radius 2 is 1.03 bits per heavy atom. The van der Waals surface area contributed by atoms with E-state index in [1.54, 1.807) is 0 Å². The van der Waals surface area contributed by atoms with Crippen molar-refractivity contribution in [2.24, 2.45) is 0 Å². The normalized spacial score (nSPS) is 16.7. The second kappa shape index (κ2) is 8.89. The van der Waals surface area contributed by atoms with Crippen molar-refractivity contribution in [3.05, 3.63) is 132 Å². The van der Waals surface area contributed by atoms with E-state index < -0.39 is 8.07 Å². The van der Waals surface area contributed by atoms with E-state index in [-0.39, 0.29) is 5.04 Å². The first-order valence-corrected chi connectivity index (χ1v) is 14.2. The van der Waals surface area contributed by atoms with Crippen LogP contribution in [0.2, 0.25) is 6.55 Å². The Balaban J connectivity index is 1.94. The average Bonchev–Trinajstić information content (AvgIpc) is 3.42. The molecule has 4 aromatic rings. The molecule has 1 aliphatic heterocycles. The predicted molar refractivity (Wildman–Crippen MR) is 138 cm³/mol. The summed E-state index contributed by atoms with van der Waals surface area (Å²) in [5, 5.41) is 6.79. The number of benzene rings is 4. The topological polar surface area (TPSA) is 12.0 Å². The zero-order valence-electron chi connectivity index (χ0n) is 18.7. The van der Waals surface area contributed by atoms with Crippen LogP contribution < -0.4 is 15.7 Å². The van der Waals surface area contributed by atoms with Crippen molar-refractivity contribution >= 4 is 18.4 Å². The molecule has 160 valence electrons. The van der Waals surface area contributed by atoms with Crippen LogP contribution in [0.5, 0.6) is 0 Å². The SMILES string of the molecule is C[Si](c1ccccc1)(c1ccccc1)C(c1ccccc1)(c1ccccc1)[C@@H]1CCCN1. The Bertz CT molecular complexity index is 1040. The van der Waals surface area contributed by atoms with Crippen LogP contribution in [0.25, 0.3) is 0 Å². The molecule has 0 unspecified atom stereocenters. The summed E-state index contributed by atoms with van der Waals surface area (Å²) in [5.74, 6) is 0. The molecule has 1 saturated heterocycles. The highest BCUT2D eigenvalue weighted by atomic mass is 28.3. The van der Waals surface area contributed by atoms with Gasteiger partial charge in [-0.3, -0.25) is 0 Å². The van der Waals surface area contributed by atoms with Gasteiger partial charge in [0.05, 0.1) is 0 Å². The maximum absolute atomic E-state index is 3.97. The third-order valence-corrected chi connectivity index (χ3v) is 13.0. The molecule has 0 saturated carbocycles. The fraction of sp³-hybridized carbons (Fsp3) is 0.200. The van der Waals surface area contributed by atoms with Gasteiger partial charge in [-0.15, -0.1) is 0 Å². The lowest BCUT2D eigenvalue weighted by atomic mass is 9.82. The summed E-state index contributed by atoms with van der Waals surface area (Å²) in [7, 11) is -2.39. The van der Waals surface area contributed by atoms with Crippen LogP contribution in [0.4, 0.5) is 0 Å². The van der Waals surface area contributed by atoms with Gasteiger partial charge in [0, 0.05) is 11.1 Å². The van der Waals surface area contributed by atoms with E-state index in [2.05, 4.69) is 133 Å². The maximum Gasteiger partial charge on any atom is 0.131 e. The molecule has 1 N–H and O–H groups in total. The van der Waals surface area contributed by atoms with Gasteiger partial charge >= 0.3 is 0 Å². The summed E-state index contributed by atoms with van der Waals surface area (Å²) >= 11 is 0. The maximum atomic E-state index is 3.97. The summed E-state index contributed by atoms with van der Waals surface area (Å²) in [5.41, 5.74) is 2.85. The number of rotatable bonds is 6.